The van der Waals surface area contributed by atoms with Crippen LogP contribution in [0.25, 0.3) is 0 Å². The first kappa shape index (κ1) is 30.6. The third-order valence-corrected chi connectivity index (χ3v) is 6.78. The molecule has 0 heterocycles. The molecule has 8 nitrogen and oxygen atoms in total. The Hall–Kier alpha value is -2.89. The van der Waals surface area contributed by atoms with Gasteiger partial charge in [0.05, 0.1) is 18.2 Å². The predicted molar refractivity (Wildman–Crippen MR) is 135 cm³/mol. The number of hydrogen-bond donors (Lipinski definition) is 3. The minimum atomic E-state index is -4.59. The molecule has 0 aromatic heterocycles. The van der Waals surface area contributed by atoms with E-state index in [9.17, 15) is 27.6 Å². The van der Waals surface area contributed by atoms with Crippen molar-refractivity contribution in [2.45, 2.75) is 83.7 Å². The van der Waals surface area contributed by atoms with Gasteiger partial charge in [0.25, 0.3) is 0 Å². The monoisotopic (exact) mass is 559 g/mol. The molecule has 0 saturated heterocycles. The van der Waals surface area contributed by atoms with Crippen molar-refractivity contribution >= 4 is 23.6 Å². The van der Waals surface area contributed by atoms with E-state index in [1.807, 2.05) is 0 Å². The van der Waals surface area contributed by atoms with Gasteiger partial charge in [-0.15, -0.1) is 0 Å². The standard InChI is InChI=1S/C27H37F4N3O5/c1-14(23(35)32-13-27(29,30)31)18-11-19(28)20(10-17(18)12-38-5)33-24(36)22(34-25(37)39-26(2,3)4)21(15-6-7-15)16-8-9-16/h10-11,14-16,21-22H,6-9,12-13H2,1-5H3,(H,32,35)(H,33,36)(H,34,37). The van der Waals surface area contributed by atoms with E-state index < -0.39 is 54.0 Å². The molecular formula is C27H37F4N3O5. The van der Waals surface area contributed by atoms with Gasteiger partial charge in [0.1, 0.15) is 24.0 Å². The lowest BCUT2D eigenvalue weighted by Crippen LogP contribution is -2.51. The highest BCUT2D eigenvalue weighted by Crippen LogP contribution is 2.51. The van der Waals surface area contributed by atoms with E-state index >= 15 is 4.39 Å². The van der Waals surface area contributed by atoms with Gasteiger partial charge in [-0.3, -0.25) is 9.59 Å². The lowest BCUT2D eigenvalue weighted by molar-refractivity contribution is -0.139. The number of alkyl halides is 3. The summed E-state index contributed by atoms with van der Waals surface area (Å²) in [5, 5.41) is 7.08. The fourth-order valence-electron chi connectivity index (χ4n) is 4.77. The van der Waals surface area contributed by atoms with Gasteiger partial charge < -0.3 is 25.4 Å². The van der Waals surface area contributed by atoms with Crippen LogP contribution in [-0.2, 0) is 25.7 Å². The van der Waals surface area contributed by atoms with Crippen LogP contribution in [0.15, 0.2) is 12.1 Å². The summed E-state index contributed by atoms with van der Waals surface area (Å²) in [6.45, 7) is 4.89. The molecule has 0 spiro atoms. The van der Waals surface area contributed by atoms with Crippen LogP contribution < -0.4 is 16.0 Å². The first-order chi connectivity index (χ1) is 18.1. The number of benzene rings is 1. The van der Waals surface area contributed by atoms with Gasteiger partial charge in [-0.1, -0.05) is 0 Å². The van der Waals surface area contributed by atoms with Gasteiger partial charge in [-0.05, 0) is 94.4 Å². The largest absolute Gasteiger partial charge is 0.444 e. The third kappa shape index (κ3) is 9.08. The summed E-state index contributed by atoms with van der Waals surface area (Å²) in [7, 11) is 1.37. The van der Waals surface area contributed by atoms with Crippen molar-refractivity contribution in [3.8, 4) is 0 Å². The van der Waals surface area contributed by atoms with Gasteiger partial charge in [0, 0.05) is 7.11 Å². The fraction of sp³-hybridized carbons (Fsp3) is 0.667. The Morgan fingerprint density at radius 2 is 1.62 bits per heavy atom. The van der Waals surface area contributed by atoms with Crippen LogP contribution >= 0.6 is 0 Å². The van der Waals surface area contributed by atoms with Gasteiger partial charge >= 0.3 is 12.3 Å². The summed E-state index contributed by atoms with van der Waals surface area (Å²) in [6, 6.07) is 1.36. The highest BCUT2D eigenvalue weighted by Gasteiger charge is 2.48. The maximum atomic E-state index is 15.2. The normalized spacial score (nSPS) is 17.4. The molecule has 0 bridgehead atoms. The van der Waals surface area contributed by atoms with E-state index in [-0.39, 0.29) is 35.6 Å². The van der Waals surface area contributed by atoms with E-state index in [4.69, 9.17) is 9.47 Å². The number of methoxy groups -OCH3 is 1. The number of nitrogens with one attached hydrogen (secondary N) is 3. The molecule has 3 rings (SSSR count). The SMILES string of the molecule is COCc1cc(NC(=O)C(NC(=O)OC(C)(C)C)C(C2CC2)C2CC2)c(F)cc1C(C)C(=O)NCC(F)(F)F. The highest BCUT2D eigenvalue weighted by atomic mass is 19.4. The molecule has 1 aromatic rings. The number of halogens is 4. The molecule has 2 unspecified atom stereocenters. The molecule has 3 N–H and O–H groups in total. The summed E-state index contributed by atoms with van der Waals surface area (Å²) in [4.78, 5) is 38.4. The van der Waals surface area contributed by atoms with Crippen LogP contribution in [0.2, 0.25) is 0 Å². The average Bonchev–Trinajstić information content (AvgIpc) is 3.72. The van der Waals surface area contributed by atoms with Crippen LogP contribution in [0, 0.1) is 23.6 Å². The number of hydrogen-bond acceptors (Lipinski definition) is 5. The van der Waals surface area contributed by atoms with E-state index in [1.165, 1.54) is 20.1 Å². The van der Waals surface area contributed by atoms with Crippen molar-refractivity contribution in [3.05, 3.63) is 29.1 Å². The number of anilines is 1. The summed E-state index contributed by atoms with van der Waals surface area (Å²) in [5.41, 5.74) is -0.523. The minimum Gasteiger partial charge on any atom is -0.444 e. The number of amides is 3. The van der Waals surface area contributed by atoms with Gasteiger partial charge in [0.15, 0.2) is 0 Å². The topological polar surface area (TPSA) is 106 Å². The summed E-state index contributed by atoms with van der Waals surface area (Å²) < 4.78 is 63.4. The van der Waals surface area contributed by atoms with Crippen LogP contribution in [0.4, 0.5) is 28.0 Å². The van der Waals surface area contributed by atoms with Gasteiger partial charge in [0.2, 0.25) is 11.8 Å². The lowest BCUT2D eigenvalue weighted by Gasteiger charge is -2.29. The molecule has 3 amide bonds. The van der Waals surface area contributed by atoms with Crippen molar-refractivity contribution in [2.75, 3.05) is 19.0 Å². The van der Waals surface area contributed by atoms with Crippen molar-refractivity contribution in [3.63, 3.8) is 0 Å². The van der Waals surface area contributed by atoms with Crippen LogP contribution in [0.1, 0.15) is 70.4 Å². The second kappa shape index (κ2) is 12.1. The lowest BCUT2D eigenvalue weighted by atomic mass is 9.88. The smallest absolute Gasteiger partial charge is 0.408 e. The molecule has 218 valence electrons. The predicted octanol–water partition coefficient (Wildman–Crippen LogP) is 5.02. The van der Waals surface area contributed by atoms with E-state index in [1.54, 1.807) is 26.1 Å². The zero-order valence-electron chi connectivity index (χ0n) is 22.8. The fourth-order valence-corrected chi connectivity index (χ4v) is 4.77. The second-order valence-electron chi connectivity index (χ2n) is 11.4. The zero-order chi connectivity index (χ0) is 29.1. The average molecular weight is 560 g/mol. The number of rotatable bonds is 11. The molecule has 2 aliphatic carbocycles. The van der Waals surface area contributed by atoms with Crippen molar-refractivity contribution in [2.24, 2.45) is 17.8 Å². The van der Waals surface area contributed by atoms with Crippen LogP contribution in [-0.4, -0.2) is 49.4 Å². The molecule has 2 saturated carbocycles. The molecule has 12 heteroatoms. The molecule has 2 fully saturated rings. The first-order valence-electron chi connectivity index (χ1n) is 13.1. The van der Waals surface area contributed by atoms with Gasteiger partial charge in [-0.2, -0.15) is 13.2 Å². The minimum absolute atomic E-state index is 0.0816. The number of carbonyl (C=O) groups excluding carboxylic acids is 3. The van der Waals surface area contributed by atoms with Crippen molar-refractivity contribution in [1.29, 1.82) is 0 Å². The Kier molecular flexibility index (Phi) is 9.51. The van der Waals surface area contributed by atoms with E-state index in [2.05, 4.69) is 10.6 Å². The quantitative estimate of drug-likeness (QED) is 0.330. The Labute approximate surface area is 225 Å². The molecule has 0 radical (unpaired) electrons. The Morgan fingerprint density at radius 3 is 2.10 bits per heavy atom. The molecule has 1 aromatic carbocycles. The molecule has 39 heavy (non-hydrogen) atoms. The van der Waals surface area contributed by atoms with Crippen molar-refractivity contribution in [1.82, 2.24) is 10.6 Å². The van der Waals surface area contributed by atoms with E-state index in [0.717, 1.165) is 31.7 Å². The molecular weight excluding hydrogens is 522 g/mol. The number of ether oxygens (including phenoxy) is 2. The van der Waals surface area contributed by atoms with Gasteiger partial charge in [-0.25, -0.2) is 9.18 Å². The number of alkyl carbamates (subject to hydrolysis) is 1. The Morgan fingerprint density at radius 1 is 1.03 bits per heavy atom. The summed E-state index contributed by atoms with van der Waals surface area (Å²) in [6.07, 6.45) is -1.57. The maximum absolute atomic E-state index is 15.2. The second-order valence-corrected chi connectivity index (χ2v) is 11.4. The Bertz CT molecular complexity index is 1050. The third-order valence-electron chi connectivity index (χ3n) is 6.78. The summed E-state index contributed by atoms with van der Waals surface area (Å²) >= 11 is 0. The van der Waals surface area contributed by atoms with Crippen LogP contribution in [0.5, 0.6) is 0 Å². The number of carbonyl (C=O) groups is 3. The summed E-state index contributed by atoms with van der Waals surface area (Å²) in [5.74, 6) is -3.09. The molecule has 0 aliphatic heterocycles. The first-order valence-corrected chi connectivity index (χ1v) is 13.1. The van der Waals surface area contributed by atoms with Crippen molar-refractivity contribution < 1.29 is 41.4 Å². The maximum Gasteiger partial charge on any atom is 0.408 e. The molecule has 2 atom stereocenters. The Balaban J connectivity index is 1.84. The zero-order valence-corrected chi connectivity index (χ0v) is 22.8. The van der Waals surface area contributed by atoms with Crippen LogP contribution in [0.3, 0.4) is 0 Å². The highest BCUT2D eigenvalue weighted by molar-refractivity contribution is 5.97. The molecule has 2 aliphatic rings. The van der Waals surface area contributed by atoms with E-state index in [0.29, 0.717) is 5.56 Å².